The van der Waals surface area contributed by atoms with E-state index in [1.807, 2.05) is 0 Å². The van der Waals surface area contributed by atoms with Gasteiger partial charge in [-0.2, -0.15) is 0 Å². The second-order valence-corrected chi connectivity index (χ2v) is 5.44. The van der Waals surface area contributed by atoms with E-state index >= 15 is 0 Å². The number of carbonyl (C=O) groups is 2. The van der Waals surface area contributed by atoms with E-state index in [2.05, 4.69) is 0 Å². The van der Waals surface area contributed by atoms with Crippen LogP contribution in [0.4, 0.5) is 0 Å². The van der Waals surface area contributed by atoms with Crippen LogP contribution in [0.25, 0.3) is 0 Å². The monoisotopic (exact) mass is 252 g/mol. The number of rotatable bonds is 2. The van der Waals surface area contributed by atoms with Crippen molar-refractivity contribution in [2.45, 2.75) is 23.5 Å². The number of alkyl halides is 4. The maximum Gasteiger partial charge on any atom is 0.266 e. The largest absolute Gasteiger partial charge is 0.300 e. The van der Waals surface area contributed by atoms with Gasteiger partial charge in [-0.25, -0.2) is 0 Å². The van der Waals surface area contributed by atoms with Gasteiger partial charge in [0.05, 0.1) is 6.42 Å². The van der Waals surface area contributed by atoms with Crippen LogP contribution in [0.15, 0.2) is 0 Å². The van der Waals surface area contributed by atoms with Crippen LogP contribution >= 0.6 is 46.4 Å². The highest BCUT2D eigenvalue weighted by molar-refractivity contribution is 6.83. The second-order valence-electron chi connectivity index (χ2n) is 2.01. The zero-order chi connectivity index (χ0) is 10.4. The molecule has 0 rings (SSSR count). The molecule has 0 aromatic carbocycles. The van der Waals surface area contributed by atoms with E-state index in [0.29, 0.717) is 0 Å². The van der Waals surface area contributed by atoms with Gasteiger partial charge in [0.1, 0.15) is 11.6 Å². The van der Waals surface area contributed by atoms with Crippen LogP contribution in [0.2, 0.25) is 0 Å². The topological polar surface area (TPSA) is 34.1 Å². The molecule has 0 aliphatic rings. The normalized spacial score (nSPS) is 9.83. The van der Waals surface area contributed by atoms with Crippen molar-refractivity contribution in [3.8, 4) is 0 Å². The van der Waals surface area contributed by atoms with Crippen molar-refractivity contribution < 1.29 is 9.59 Å². The average Bonchev–Trinajstić information content (AvgIpc) is 1.52. The Balaban J connectivity index is 0. The fourth-order valence-corrected chi connectivity index (χ4v) is 0.351. The Kier molecular flexibility index (Phi) is 8.69. The third kappa shape index (κ3) is 46.8. The van der Waals surface area contributed by atoms with E-state index in [9.17, 15) is 9.59 Å². The summed E-state index contributed by atoms with van der Waals surface area (Å²) in [5.74, 6) is -0.125. The molecule has 0 aromatic heterocycles. The van der Waals surface area contributed by atoms with Gasteiger partial charge >= 0.3 is 0 Å². The molecule has 0 saturated carbocycles. The fourth-order valence-electron chi connectivity index (χ4n) is 0.351. The number of halogens is 4. The number of carbonyl (C=O) groups excluding carboxylic acids is 2. The highest BCUT2D eigenvalue weighted by atomic mass is 35.6. The van der Waals surface area contributed by atoms with Crippen molar-refractivity contribution in [2.75, 3.05) is 0 Å². The predicted molar refractivity (Wildman–Crippen MR) is 52.1 cm³/mol. The third-order valence-electron chi connectivity index (χ3n) is 0.498. The lowest BCUT2D eigenvalue weighted by atomic mass is 10.2. The van der Waals surface area contributed by atoms with Crippen LogP contribution in [0.3, 0.4) is 0 Å². The molecular weight excluding hydrogens is 246 g/mol. The molecule has 12 heavy (non-hydrogen) atoms. The Morgan fingerprint density at radius 2 is 1.17 bits per heavy atom. The summed E-state index contributed by atoms with van der Waals surface area (Å²) in [6, 6.07) is 0. The van der Waals surface area contributed by atoms with Crippen LogP contribution in [0, 0.1) is 0 Å². The Labute approximate surface area is 91.1 Å². The predicted octanol–water partition coefficient (Wildman–Crippen LogP) is 3.11. The van der Waals surface area contributed by atoms with Gasteiger partial charge in [-0.1, -0.05) is 46.4 Å². The zero-order valence-electron chi connectivity index (χ0n) is 6.54. The van der Waals surface area contributed by atoms with E-state index in [-0.39, 0.29) is 18.0 Å². The van der Waals surface area contributed by atoms with Gasteiger partial charge in [0.2, 0.25) is 0 Å². The molecule has 0 aliphatic carbocycles. The summed E-state index contributed by atoms with van der Waals surface area (Å²) in [5, 5.41) is 0. The third-order valence-corrected chi connectivity index (χ3v) is 0.498. The Bertz CT molecular complexity index is 143. The van der Waals surface area contributed by atoms with Gasteiger partial charge in [0.25, 0.3) is 3.25 Å². The highest BCUT2D eigenvalue weighted by Gasteiger charge is 2.11. The van der Waals surface area contributed by atoms with E-state index in [4.69, 9.17) is 46.4 Å². The molecule has 0 atom stereocenters. The average molecular weight is 254 g/mol. The molecule has 0 aliphatic heterocycles. The fraction of sp³-hybridized carbons (Fsp3) is 0.667. The maximum absolute atomic E-state index is 10.0. The Morgan fingerprint density at radius 1 is 1.00 bits per heavy atom. The molecule has 0 amide bonds. The van der Waals surface area contributed by atoms with E-state index in [1.165, 1.54) is 13.8 Å². The SMILES string of the molecule is CC(=O)CC(C)=O.ClC(Cl)(Cl)Cl. The van der Waals surface area contributed by atoms with Crippen molar-refractivity contribution in [3.05, 3.63) is 0 Å². The molecule has 0 N–H and O–H groups in total. The van der Waals surface area contributed by atoms with Gasteiger partial charge in [-0.3, -0.25) is 9.59 Å². The van der Waals surface area contributed by atoms with E-state index in [1.54, 1.807) is 0 Å². The maximum atomic E-state index is 10.0. The van der Waals surface area contributed by atoms with E-state index < -0.39 is 3.25 Å². The summed E-state index contributed by atoms with van der Waals surface area (Å²) in [4.78, 5) is 20.1. The number of ketones is 2. The van der Waals surface area contributed by atoms with Crippen molar-refractivity contribution in [1.82, 2.24) is 0 Å². The number of hydrogen-bond acceptors (Lipinski definition) is 2. The number of Topliss-reactive ketones (excluding diaryl/α,β-unsaturated/α-hetero) is 2. The summed E-state index contributed by atoms with van der Waals surface area (Å²) in [6.07, 6.45) is 0.0833. The Hall–Kier alpha value is 0.500. The van der Waals surface area contributed by atoms with Crippen LogP contribution in [0.1, 0.15) is 20.3 Å². The lowest BCUT2D eigenvalue weighted by molar-refractivity contribution is -0.124. The smallest absolute Gasteiger partial charge is 0.266 e. The summed E-state index contributed by atoms with van der Waals surface area (Å²) >= 11 is 19.3. The molecular formula is C6H8Cl4O2. The molecule has 0 aromatic rings. The van der Waals surface area contributed by atoms with Crippen molar-refractivity contribution in [2.24, 2.45) is 0 Å². The molecule has 72 valence electrons. The van der Waals surface area contributed by atoms with Gasteiger partial charge in [0.15, 0.2) is 0 Å². The first-order valence-corrected chi connectivity index (χ1v) is 4.38. The Morgan fingerprint density at radius 3 is 1.17 bits per heavy atom. The summed E-state index contributed by atoms with van der Waals surface area (Å²) in [5.41, 5.74) is 0. The minimum absolute atomic E-state index is 0.0625. The van der Waals surface area contributed by atoms with Gasteiger partial charge in [-0.05, 0) is 13.8 Å². The van der Waals surface area contributed by atoms with Crippen molar-refractivity contribution >= 4 is 58.0 Å². The molecule has 2 nitrogen and oxygen atoms in total. The summed E-state index contributed by atoms with van der Waals surface area (Å²) < 4.78 is -1.61. The minimum Gasteiger partial charge on any atom is -0.300 e. The molecule has 0 saturated heterocycles. The standard InChI is InChI=1S/C5H8O2.CCl4/c1-4(6)3-5(2)7;2-1(3,4)5/h3H2,1-2H3;. The van der Waals surface area contributed by atoms with Crippen LogP contribution < -0.4 is 0 Å². The second kappa shape index (κ2) is 6.96. The first-order chi connectivity index (χ1) is 5.13. The van der Waals surface area contributed by atoms with Gasteiger partial charge < -0.3 is 0 Å². The molecule has 0 bridgehead atoms. The van der Waals surface area contributed by atoms with Crippen LogP contribution in [-0.2, 0) is 9.59 Å². The molecule has 0 fully saturated rings. The number of hydrogen-bond donors (Lipinski definition) is 0. The molecule has 0 spiro atoms. The quantitative estimate of drug-likeness (QED) is 0.560. The molecule has 6 heteroatoms. The zero-order valence-corrected chi connectivity index (χ0v) is 9.56. The lowest BCUT2D eigenvalue weighted by Gasteiger charge is -1.91. The highest BCUT2D eigenvalue weighted by Crippen LogP contribution is 2.29. The van der Waals surface area contributed by atoms with Crippen LogP contribution in [-0.4, -0.2) is 14.8 Å². The van der Waals surface area contributed by atoms with Gasteiger partial charge in [-0.15, -0.1) is 0 Å². The van der Waals surface area contributed by atoms with Gasteiger partial charge in [0, 0.05) is 0 Å². The molecule has 0 radical (unpaired) electrons. The van der Waals surface area contributed by atoms with E-state index in [0.717, 1.165) is 0 Å². The first kappa shape index (κ1) is 15.0. The molecule has 0 unspecified atom stereocenters. The van der Waals surface area contributed by atoms with Crippen LogP contribution in [0.5, 0.6) is 0 Å². The molecule has 0 heterocycles. The minimum atomic E-state index is -1.61. The summed E-state index contributed by atoms with van der Waals surface area (Å²) in [6.45, 7) is 2.81. The first-order valence-electron chi connectivity index (χ1n) is 2.87. The lowest BCUT2D eigenvalue weighted by Crippen LogP contribution is -1.97. The van der Waals surface area contributed by atoms with Crippen molar-refractivity contribution in [1.29, 1.82) is 0 Å². The summed E-state index contributed by atoms with van der Waals surface area (Å²) in [7, 11) is 0. The van der Waals surface area contributed by atoms with Crippen molar-refractivity contribution in [3.63, 3.8) is 0 Å².